The number of nitrogens with zero attached hydrogens (tertiary/aromatic N) is 2. The van der Waals surface area contributed by atoms with Crippen molar-refractivity contribution >= 4 is 17.1 Å². The van der Waals surface area contributed by atoms with Gasteiger partial charge in [-0.15, -0.1) is 0 Å². The van der Waals surface area contributed by atoms with Gasteiger partial charge in [-0.05, 0) is 29.1 Å². The lowest BCUT2D eigenvalue weighted by atomic mass is 10.0. The van der Waals surface area contributed by atoms with Crippen LogP contribution < -0.4 is 11.2 Å². The van der Waals surface area contributed by atoms with Crippen LogP contribution in [-0.4, -0.2) is 45.5 Å². The summed E-state index contributed by atoms with van der Waals surface area (Å²) >= 11 is 0. The van der Waals surface area contributed by atoms with Gasteiger partial charge >= 0.3 is 22.8 Å². The number of fused-ring (bicyclic) bond motifs is 1. The minimum absolute atomic E-state index is 0.107. The van der Waals surface area contributed by atoms with E-state index in [-0.39, 0.29) is 28.8 Å². The minimum atomic E-state index is -2.93. The highest BCUT2D eigenvalue weighted by Gasteiger charge is 2.62. The summed E-state index contributed by atoms with van der Waals surface area (Å²) in [5.41, 5.74) is -0.120. The molecule has 2 fully saturated rings. The standard InChI is InChI=1S/C23H39N3O6Si2/c1-13(2)33(14(3)4)29-12-19-20(31-34(32-33,15(5)6)16(7)8)18(10-24)22(30-19)26-11-17(9)21(27)25-23(26)28/h11,13-16,18-20,22H,12H2,1-9H3,(H,25,27,28)/t18-,19+,20-,22+/m0/s1. The molecule has 190 valence electrons. The summed E-state index contributed by atoms with van der Waals surface area (Å²) < 4.78 is 28.5. The molecule has 3 rings (SSSR count). The maximum atomic E-state index is 12.6. The average molecular weight is 510 g/mol. The zero-order valence-electron chi connectivity index (χ0n) is 21.7. The normalized spacial score (nSPS) is 28.7. The second-order valence-corrected chi connectivity index (χ2v) is 19.6. The van der Waals surface area contributed by atoms with Gasteiger partial charge in [-0.3, -0.25) is 14.3 Å². The molecule has 2 aliphatic heterocycles. The second-order valence-electron chi connectivity index (χ2n) is 10.8. The maximum absolute atomic E-state index is 12.6. The van der Waals surface area contributed by atoms with Gasteiger partial charge in [0.2, 0.25) is 0 Å². The first-order valence-electron chi connectivity index (χ1n) is 12.2. The van der Waals surface area contributed by atoms with Crippen LogP contribution >= 0.6 is 0 Å². The van der Waals surface area contributed by atoms with Gasteiger partial charge in [-0.2, -0.15) is 5.26 Å². The van der Waals surface area contributed by atoms with Crippen LogP contribution in [0.2, 0.25) is 22.2 Å². The van der Waals surface area contributed by atoms with E-state index in [1.807, 2.05) is 0 Å². The Morgan fingerprint density at radius 1 is 1.03 bits per heavy atom. The van der Waals surface area contributed by atoms with Crippen molar-refractivity contribution in [2.75, 3.05) is 6.61 Å². The Kier molecular flexibility index (Phi) is 7.82. The van der Waals surface area contributed by atoms with E-state index in [0.717, 1.165) is 0 Å². The van der Waals surface area contributed by atoms with Crippen molar-refractivity contribution in [1.82, 2.24) is 9.55 Å². The van der Waals surface area contributed by atoms with E-state index in [1.54, 1.807) is 6.92 Å². The predicted octanol–water partition coefficient (Wildman–Crippen LogP) is 3.84. The molecule has 4 atom stereocenters. The van der Waals surface area contributed by atoms with E-state index in [9.17, 15) is 14.9 Å². The molecule has 34 heavy (non-hydrogen) atoms. The molecule has 2 aliphatic rings. The van der Waals surface area contributed by atoms with E-state index >= 15 is 0 Å². The fourth-order valence-electron chi connectivity index (χ4n) is 5.31. The molecule has 0 aromatic carbocycles. The highest BCUT2D eigenvalue weighted by atomic mass is 28.5. The van der Waals surface area contributed by atoms with Crippen molar-refractivity contribution < 1.29 is 17.7 Å². The summed E-state index contributed by atoms with van der Waals surface area (Å²) in [6.45, 7) is 18.9. The molecule has 0 bridgehead atoms. The van der Waals surface area contributed by atoms with E-state index in [4.69, 9.17) is 17.7 Å². The van der Waals surface area contributed by atoms with Crippen LogP contribution in [0.15, 0.2) is 15.8 Å². The highest BCUT2D eigenvalue weighted by Crippen LogP contribution is 2.49. The SMILES string of the molecule is Cc1cn([C@@H]2O[C@@H]3CO[Si](C(C)C)(C(C)C)O[Si](C(C)C)(C(C)C)O[C@H]3[C@@H]2C#N)c(=O)[nH]c1=O. The largest absolute Gasteiger partial charge is 0.414 e. The molecule has 0 unspecified atom stereocenters. The predicted molar refractivity (Wildman–Crippen MR) is 133 cm³/mol. The molecule has 3 heterocycles. The van der Waals surface area contributed by atoms with Gasteiger partial charge in [0.05, 0.1) is 18.8 Å². The van der Waals surface area contributed by atoms with Crippen molar-refractivity contribution in [2.45, 2.75) is 103 Å². The van der Waals surface area contributed by atoms with Crippen LogP contribution in [0.1, 0.15) is 67.2 Å². The molecule has 2 saturated heterocycles. The van der Waals surface area contributed by atoms with Crippen molar-refractivity contribution in [3.8, 4) is 6.07 Å². The topological polar surface area (TPSA) is 116 Å². The van der Waals surface area contributed by atoms with Crippen LogP contribution in [0, 0.1) is 24.2 Å². The first-order chi connectivity index (χ1) is 15.8. The molecule has 9 nitrogen and oxygen atoms in total. The summed E-state index contributed by atoms with van der Waals surface area (Å²) in [5.74, 6) is -0.767. The number of nitriles is 1. The molecular weight excluding hydrogens is 470 g/mol. The molecule has 0 radical (unpaired) electrons. The van der Waals surface area contributed by atoms with Crippen LogP contribution in [0.4, 0.5) is 0 Å². The highest BCUT2D eigenvalue weighted by molar-refractivity contribution is 6.83. The zero-order valence-corrected chi connectivity index (χ0v) is 23.7. The number of hydrogen-bond acceptors (Lipinski definition) is 7. The lowest BCUT2D eigenvalue weighted by Gasteiger charge is -2.51. The number of aromatic amines is 1. The third kappa shape index (κ3) is 4.40. The number of aryl methyl sites for hydroxylation is 1. The first-order valence-corrected chi connectivity index (χ1v) is 16.1. The number of aromatic nitrogens is 2. The lowest BCUT2D eigenvalue weighted by Crippen LogP contribution is -2.65. The summed E-state index contributed by atoms with van der Waals surface area (Å²) in [6, 6.07) is 2.32. The Hall–Kier alpha value is -1.56. The zero-order chi connectivity index (χ0) is 25.6. The fraction of sp³-hybridized carbons (Fsp3) is 0.783. The van der Waals surface area contributed by atoms with Crippen molar-refractivity contribution in [1.29, 1.82) is 5.26 Å². The van der Waals surface area contributed by atoms with Crippen molar-refractivity contribution in [2.24, 2.45) is 5.92 Å². The van der Waals surface area contributed by atoms with E-state index in [1.165, 1.54) is 10.8 Å². The summed E-state index contributed by atoms with van der Waals surface area (Å²) in [5, 5.41) is 10.2. The van der Waals surface area contributed by atoms with Gasteiger partial charge in [0, 0.05) is 11.8 Å². The summed E-state index contributed by atoms with van der Waals surface area (Å²) in [6.07, 6.45) is -0.600. The van der Waals surface area contributed by atoms with Gasteiger partial charge < -0.3 is 17.7 Å². The molecule has 1 aromatic rings. The van der Waals surface area contributed by atoms with Crippen molar-refractivity contribution in [3.05, 3.63) is 32.6 Å². The van der Waals surface area contributed by atoms with Gasteiger partial charge in [0.25, 0.3) is 5.56 Å². The summed E-state index contributed by atoms with van der Waals surface area (Å²) in [4.78, 5) is 26.9. The van der Waals surface area contributed by atoms with Gasteiger partial charge in [-0.25, -0.2) is 4.79 Å². The monoisotopic (exact) mass is 509 g/mol. The third-order valence-corrected chi connectivity index (χ3v) is 17.5. The smallest absolute Gasteiger partial charge is 0.335 e. The minimum Gasteiger partial charge on any atom is -0.414 e. The number of hydrogen-bond donors (Lipinski definition) is 1. The molecule has 11 heteroatoms. The molecular formula is C23H39N3O6Si2. The first kappa shape index (κ1) is 27.0. The van der Waals surface area contributed by atoms with E-state index < -0.39 is 52.7 Å². The van der Waals surface area contributed by atoms with Gasteiger partial charge in [0.15, 0.2) is 6.23 Å². The fourth-order valence-corrected chi connectivity index (χ4v) is 16.5. The molecule has 0 spiro atoms. The van der Waals surface area contributed by atoms with Crippen LogP contribution in [0.3, 0.4) is 0 Å². The van der Waals surface area contributed by atoms with Crippen LogP contribution in [0.25, 0.3) is 0 Å². The number of H-pyrrole nitrogens is 1. The van der Waals surface area contributed by atoms with E-state index in [0.29, 0.717) is 5.56 Å². The Morgan fingerprint density at radius 3 is 2.09 bits per heavy atom. The Morgan fingerprint density at radius 2 is 1.59 bits per heavy atom. The Labute approximate surface area is 203 Å². The summed E-state index contributed by atoms with van der Waals surface area (Å²) in [7, 11) is -5.67. The maximum Gasteiger partial charge on any atom is 0.335 e. The second kappa shape index (κ2) is 9.83. The van der Waals surface area contributed by atoms with Crippen LogP contribution in [0.5, 0.6) is 0 Å². The molecule has 0 aliphatic carbocycles. The average Bonchev–Trinajstić information content (AvgIpc) is 3.06. The quantitative estimate of drug-likeness (QED) is 0.600. The van der Waals surface area contributed by atoms with Gasteiger partial charge in [0.1, 0.15) is 12.0 Å². The molecule has 1 N–H and O–H groups in total. The molecule has 0 amide bonds. The van der Waals surface area contributed by atoms with Crippen LogP contribution in [-0.2, 0) is 17.7 Å². The van der Waals surface area contributed by atoms with Crippen molar-refractivity contribution in [3.63, 3.8) is 0 Å². The number of nitrogens with one attached hydrogen (secondary N) is 1. The Balaban J connectivity index is 2.15. The Bertz CT molecular complexity index is 1030. The molecule has 1 aromatic heterocycles. The number of ether oxygens (including phenoxy) is 1. The number of rotatable bonds is 5. The third-order valence-electron chi connectivity index (χ3n) is 7.24. The van der Waals surface area contributed by atoms with Gasteiger partial charge in [-0.1, -0.05) is 55.4 Å². The lowest BCUT2D eigenvalue weighted by molar-refractivity contribution is -0.0570. The van der Waals surface area contributed by atoms with E-state index in [2.05, 4.69) is 66.4 Å². The molecule has 0 saturated carbocycles.